The molecule has 3 aromatic heterocycles. The van der Waals surface area contributed by atoms with E-state index in [-0.39, 0.29) is 24.8 Å². The van der Waals surface area contributed by atoms with Gasteiger partial charge in [-0.1, -0.05) is 29.8 Å². The molecule has 160 valence electrons. The van der Waals surface area contributed by atoms with Gasteiger partial charge in [-0.25, -0.2) is 22.8 Å². The second-order valence-corrected chi connectivity index (χ2v) is 7.57. The highest BCUT2D eigenvalue weighted by atomic mass is 35.5. The van der Waals surface area contributed by atoms with Crippen molar-refractivity contribution in [1.82, 2.24) is 29.1 Å². The van der Waals surface area contributed by atoms with Crippen LogP contribution in [0.1, 0.15) is 5.56 Å². The van der Waals surface area contributed by atoms with Gasteiger partial charge < -0.3 is 5.32 Å². The molecule has 32 heavy (non-hydrogen) atoms. The van der Waals surface area contributed by atoms with Gasteiger partial charge in [-0.2, -0.15) is 5.10 Å². The molecule has 0 aliphatic rings. The number of nitrogens with zero attached hydrogens (tertiary/aromatic N) is 5. The van der Waals surface area contributed by atoms with Crippen LogP contribution in [0.15, 0.2) is 71.8 Å². The smallest absolute Gasteiger partial charge is 0.350 e. The lowest BCUT2D eigenvalue weighted by Gasteiger charge is -2.06. The summed E-state index contributed by atoms with van der Waals surface area (Å²) in [6, 6.07) is 14.9. The Kier molecular flexibility index (Phi) is 4.95. The maximum Gasteiger partial charge on any atom is 0.350 e. The molecule has 8 nitrogen and oxygen atoms in total. The SMILES string of the molecule is O=C(Cn1nc2c3cc(-c4ccc(F)cc4)nn3ccn2c1=O)NCc1ccccc1Cl. The molecule has 0 unspecified atom stereocenters. The number of nitrogens with one attached hydrogen (secondary N) is 1. The number of aromatic nitrogens is 5. The zero-order chi connectivity index (χ0) is 22.2. The first-order valence-corrected chi connectivity index (χ1v) is 10.1. The van der Waals surface area contributed by atoms with E-state index >= 15 is 0 Å². The second-order valence-electron chi connectivity index (χ2n) is 7.17. The third-order valence-electron chi connectivity index (χ3n) is 5.06. The van der Waals surface area contributed by atoms with Crippen molar-refractivity contribution in [1.29, 1.82) is 0 Å². The summed E-state index contributed by atoms with van der Waals surface area (Å²) in [5.74, 6) is -0.704. The molecule has 0 atom stereocenters. The molecule has 10 heteroatoms. The van der Waals surface area contributed by atoms with E-state index < -0.39 is 5.69 Å². The van der Waals surface area contributed by atoms with Crippen molar-refractivity contribution in [3.05, 3.63) is 93.9 Å². The molecule has 0 radical (unpaired) electrons. The van der Waals surface area contributed by atoms with E-state index in [9.17, 15) is 14.0 Å². The lowest BCUT2D eigenvalue weighted by Crippen LogP contribution is -2.32. The molecular formula is C22H16ClFN6O2. The summed E-state index contributed by atoms with van der Waals surface area (Å²) in [5, 5.41) is 12.1. The Hall–Kier alpha value is -3.98. The minimum atomic E-state index is -0.445. The van der Waals surface area contributed by atoms with Crippen molar-refractivity contribution in [2.75, 3.05) is 0 Å². The minimum Gasteiger partial charge on any atom is -0.350 e. The van der Waals surface area contributed by atoms with Crippen LogP contribution >= 0.6 is 11.6 Å². The first kappa shape index (κ1) is 20.0. The lowest BCUT2D eigenvalue weighted by molar-refractivity contribution is -0.122. The van der Waals surface area contributed by atoms with Crippen molar-refractivity contribution < 1.29 is 9.18 Å². The van der Waals surface area contributed by atoms with E-state index in [0.29, 0.717) is 21.9 Å². The van der Waals surface area contributed by atoms with Crippen molar-refractivity contribution in [2.45, 2.75) is 13.1 Å². The quantitative estimate of drug-likeness (QED) is 0.446. The molecule has 0 bridgehead atoms. The summed E-state index contributed by atoms with van der Waals surface area (Å²) in [5.41, 5.74) is 2.61. The van der Waals surface area contributed by atoms with Gasteiger partial charge in [0.1, 0.15) is 17.9 Å². The number of hydrogen-bond acceptors (Lipinski definition) is 4. The lowest BCUT2D eigenvalue weighted by atomic mass is 10.1. The number of halogens is 2. The highest BCUT2D eigenvalue weighted by Crippen LogP contribution is 2.21. The van der Waals surface area contributed by atoms with E-state index in [2.05, 4.69) is 15.5 Å². The minimum absolute atomic E-state index is 0.240. The van der Waals surface area contributed by atoms with Crippen LogP contribution in [0, 0.1) is 5.82 Å². The van der Waals surface area contributed by atoms with Crippen molar-refractivity contribution in [3.63, 3.8) is 0 Å². The molecule has 1 amide bonds. The summed E-state index contributed by atoms with van der Waals surface area (Å²) < 4.78 is 17.3. The molecule has 5 aromatic rings. The van der Waals surface area contributed by atoms with Crippen molar-refractivity contribution >= 4 is 28.7 Å². The average molecular weight is 451 g/mol. The third-order valence-corrected chi connectivity index (χ3v) is 5.43. The first-order valence-electron chi connectivity index (χ1n) is 9.73. The van der Waals surface area contributed by atoms with Crippen LogP contribution in [-0.2, 0) is 17.9 Å². The Morgan fingerprint density at radius 3 is 2.62 bits per heavy atom. The van der Waals surface area contributed by atoms with Crippen LogP contribution in [-0.4, -0.2) is 29.7 Å². The van der Waals surface area contributed by atoms with E-state index in [1.54, 1.807) is 35.0 Å². The third kappa shape index (κ3) is 3.63. The molecular weight excluding hydrogens is 435 g/mol. The van der Waals surface area contributed by atoms with Gasteiger partial charge in [0.15, 0.2) is 5.65 Å². The normalized spacial score (nSPS) is 11.3. The zero-order valence-electron chi connectivity index (χ0n) is 16.6. The number of carbonyl (C=O) groups excluding carboxylic acids is 1. The van der Waals surface area contributed by atoms with Crippen LogP contribution in [0.2, 0.25) is 5.02 Å². The largest absolute Gasteiger partial charge is 0.350 e. The van der Waals surface area contributed by atoms with Gasteiger partial charge >= 0.3 is 5.69 Å². The van der Waals surface area contributed by atoms with Gasteiger partial charge in [-0.15, -0.1) is 5.10 Å². The molecule has 0 aliphatic heterocycles. The highest BCUT2D eigenvalue weighted by Gasteiger charge is 2.15. The van der Waals surface area contributed by atoms with Crippen LogP contribution in [0.25, 0.3) is 22.4 Å². The second kappa shape index (κ2) is 7.93. The number of rotatable bonds is 5. The van der Waals surface area contributed by atoms with Crippen LogP contribution < -0.4 is 11.0 Å². The summed E-state index contributed by atoms with van der Waals surface area (Å²) in [6.07, 6.45) is 3.16. The predicted molar refractivity (Wildman–Crippen MR) is 117 cm³/mol. The molecule has 0 spiro atoms. The summed E-state index contributed by atoms with van der Waals surface area (Å²) in [6.45, 7) is 0.00457. The molecule has 0 saturated carbocycles. The van der Waals surface area contributed by atoms with Gasteiger partial charge in [0, 0.05) is 29.5 Å². The Morgan fingerprint density at radius 2 is 1.84 bits per heavy atom. The summed E-state index contributed by atoms with van der Waals surface area (Å²) in [4.78, 5) is 25.1. The standard InChI is InChI=1S/C22H16ClFN6O2/c23-17-4-2-1-3-15(17)12-25-20(31)13-30-22(32)28-9-10-29-19(21(28)27-30)11-18(26-29)14-5-7-16(24)8-6-14/h1-11H,12-13H2,(H,25,31). The Balaban J connectivity index is 1.43. The number of fused-ring (bicyclic) bond motifs is 3. The Morgan fingerprint density at radius 1 is 1.06 bits per heavy atom. The van der Waals surface area contributed by atoms with Crippen molar-refractivity contribution in [3.8, 4) is 11.3 Å². The molecule has 0 saturated heterocycles. The fourth-order valence-corrected chi connectivity index (χ4v) is 3.63. The molecule has 5 rings (SSSR count). The summed E-state index contributed by atoms with van der Waals surface area (Å²) in [7, 11) is 0. The zero-order valence-corrected chi connectivity index (χ0v) is 17.3. The number of benzene rings is 2. The van der Waals surface area contributed by atoms with E-state index in [0.717, 1.165) is 15.8 Å². The predicted octanol–water partition coefficient (Wildman–Crippen LogP) is 2.92. The van der Waals surface area contributed by atoms with Gasteiger partial charge in [-0.05, 0) is 42.0 Å². The first-order chi connectivity index (χ1) is 15.5. The van der Waals surface area contributed by atoms with Gasteiger partial charge in [0.05, 0.1) is 5.69 Å². The monoisotopic (exact) mass is 450 g/mol. The van der Waals surface area contributed by atoms with Gasteiger partial charge in [0.2, 0.25) is 5.91 Å². The van der Waals surface area contributed by atoms with Crippen LogP contribution in [0.4, 0.5) is 4.39 Å². The topological polar surface area (TPSA) is 85.7 Å². The molecule has 0 fully saturated rings. The fourth-order valence-electron chi connectivity index (χ4n) is 3.43. The molecule has 3 heterocycles. The maximum absolute atomic E-state index is 13.2. The van der Waals surface area contributed by atoms with Crippen LogP contribution in [0.3, 0.4) is 0 Å². The molecule has 0 aliphatic carbocycles. The van der Waals surface area contributed by atoms with E-state index in [4.69, 9.17) is 11.6 Å². The highest BCUT2D eigenvalue weighted by molar-refractivity contribution is 6.31. The van der Waals surface area contributed by atoms with Crippen molar-refractivity contribution in [2.24, 2.45) is 0 Å². The Bertz CT molecular complexity index is 1520. The fraction of sp³-hybridized carbons (Fsp3) is 0.0909. The molecule has 2 aromatic carbocycles. The maximum atomic E-state index is 13.2. The van der Waals surface area contributed by atoms with E-state index in [1.165, 1.54) is 22.7 Å². The van der Waals surface area contributed by atoms with Gasteiger partial charge in [0.25, 0.3) is 0 Å². The number of amides is 1. The van der Waals surface area contributed by atoms with Gasteiger partial charge in [-0.3, -0.25) is 4.79 Å². The number of hydrogen-bond donors (Lipinski definition) is 1. The summed E-state index contributed by atoms with van der Waals surface area (Å²) >= 11 is 6.11. The Labute approximate surface area is 185 Å². The average Bonchev–Trinajstić information content (AvgIpc) is 3.35. The van der Waals surface area contributed by atoms with Crippen LogP contribution in [0.5, 0.6) is 0 Å². The van der Waals surface area contributed by atoms with E-state index in [1.807, 2.05) is 18.2 Å². The molecule has 1 N–H and O–H groups in total. The number of carbonyl (C=O) groups is 1.